The normalized spacial score (nSPS) is 20.7. The SMILES string of the molecule is O=C(Nc1ccnn1C1CCCC1)C1CC(=O)N(c2cccc(Cl)c2)C1. The number of rotatable bonds is 4. The van der Waals surface area contributed by atoms with Gasteiger partial charge >= 0.3 is 0 Å². The van der Waals surface area contributed by atoms with E-state index in [-0.39, 0.29) is 24.2 Å². The molecule has 1 atom stereocenters. The molecule has 2 aromatic rings. The standard InChI is InChI=1S/C19H21ClN4O2/c20-14-4-3-7-16(11-14)23-12-13(10-18(23)25)19(26)22-17-8-9-21-24(17)15-5-1-2-6-15/h3-4,7-9,11,13,15H,1-2,5-6,10,12H2,(H,22,26). The minimum Gasteiger partial charge on any atom is -0.312 e. The van der Waals surface area contributed by atoms with Gasteiger partial charge in [0.05, 0.1) is 18.2 Å². The molecule has 1 unspecified atom stereocenters. The van der Waals surface area contributed by atoms with Crippen LogP contribution >= 0.6 is 11.6 Å². The highest BCUT2D eigenvalue weighted by Crippen LogP contribution is 2.32. The van der Waals surface area contributed by atoms with Gasteiger partial charge < -0.3 is 10.2 Å². The first-order valence-electron chi connectivity index (χ1n) is 9.02. The molecule has 1 N–H and O–H groups in total. The Hall–Kier alpha value is -2.34. The van der Waals surface area contributed by atoms with Crippen molar-refractivity contribution in [1.82, 2.24) is 9.78 Å². The Morgan fingerprint density at radius 3 is 2.81 bits per heavy atom. The lowest BCUT2D eigenvalue weighted by Crippen LogP contribution is -2.29. The van der Waals surface area contributed by atoms with Gasteiger partial charge in [0, 0.05) is 29.7 Å². The molecule has 2 fully saturated rings. The molecule has 2 heterocycles. The maximum atomic E-state index is 12.7. The summed E-state index contributed by atoms with van der Waals surface area (Å²) >= 11 is 6.02. The molecule has 1 aliphatic carbocycles. The summed E-state index contributed by atoms with van der Waals surface area (Å²) in [6, 6.07) is 9.32. The van der Waals surface area contributed by atoms with E-state index in [0.29, 0.717) is 17.6 Å². The number of benzene rings is 1. The summed E-state index contributed by atoms with van der Waals surface area (Å²) in [6.45, 7) is 0.364. The Balaban J connectivity index is 1.45. The summed E-state index contributed by atoms with van der Waals surface area (Å²) in [5.74, 6) is 0.142. The Kier molecular flexibility index (Phi) is 4.68. The van der Waals surface area contributed by atoms with Crippen molar-refractivity contribution >= 4 is 34.9 Å². The van der Waals surface area contributed by atoms with Crippen LogP contribution in [0.3, 0.4) is 0 Å². The molecule has 1 aliphatic heterocycles. The first-order chi connectivity index (χ1) is 12.6. The second-order valence-corrected chi connectivity index (χ2v) is 7.41. The number of amides is 2. The van der Waals surface area contributed by atoms with Gasteiger partial charge in [-0.25, -0.2) is 4.68 Å². The summed E-state index contributed by atoms with van der Waals surface area (Å²) in [6.07, 6.45) is 6.50. The molecule has 6 nitrogen and oxygen atoms in total. The van der Waals surface area contributed by atoms with E-state index in [1.54, 1.807) is 29.3 Å². The molecule has 4 rings (SSSR count). The van der Waals surface area contributed by atoms with Crippen LogP contribution in [-0.4, -0.2) is 28.1 Å². The van der Waals surface area contributed by atoms with E-state index in [1.807, 2.05) is 16.8 Å². The quantitative estimate of drug-likeness (QED) is 0.890. The average Bonchev–Trinajstić information content (AvgIpc) is 3.34. The van der Waals surface area contributed by atoms with Gasteiger partial charge in [-0.2, -0.15) is 5.10 Å². The minimum atomic E-state index is -0.381. The lowest BCUT2D eigenvalue weighted by atomic mass is 10.1. The van der Waals surface area contributed by atoms with E-state index in [1.165, 1.54) is 12.8 Å². The molecule has 0 bridgehead atoms. The summed E-state index contributed by atoms with van der Waals surface area (Å²) in [4.78, 5) is 26.7. The monoisotopic (exact) mass is 372 g/mol. The van der Waals surface area contributed by atoms with E-state index >= 15 is 0 Å². The Labute approximate surface area is 157 Å². The van der Waals surface area contributed by atoms with Crippen molar-refractivity contribution in [3.63, 3.8) is 0 Å². The smallest absolute Gasteiger partial charge is 0.230 e. The minimum absolute atomic E-state index is 0.0586. The van der Waals surface area contributed by atoms with Crippen LogP contribution in [-0.2, 0) is 9.59 Å². The number of carbonyl (C=O) groups is 2. The van der Waals surface area contributed by atoms with Crippen LogP contribution < -0.4 is 10.2 Å². The number of halogens is 1. The molecule has 0 radical (unpaired) electrons. The van der Waals surface area contributed by atoms with Gasteiger partial charge in [0.2, 0.25) is 11.8 Å². The van der Waals surface area contributed by atoms with E-state index in [9.17, 15) is 9.59 Å². The summed E-state index contributed by atoms with van der Waals surface area (Å²) in [5.41, 5.74) is 0.730. The van der Waals surface area contributed by atoms with Crippen molar-refractivity contribution in [2.24, 2.45) is 5.92 Å². The number of nitrogens with one attached hydrogen (secondary N) is 1. The molecule has 0 spiro atoms. The fourth-order valence-electron chi connectivity index (χ4n) is 3.86. The second kappa shape index (κ2) is 7.11. The molecule has 1 aromatic heterocycles. The highest BCUT2D eigenvalue weighted by molar-refractivity contribution is 6.31. The highest BCUT2D eigenvalue weighted by Gasteiger charge is 2.35. The van der Waals surface area contributed by atoms with Crippen molar-refractivity contribution in [1.29, 1.82) is 0 Å². The third-order valence-corrected chi connectivity index (χ3v) is 5.44. The second-order valence-electron chi connectivity index (χ2n) is 6.97. The van der Waals surface area contributed by atoms with Crippen LogP contribution in [0.25, 0.3) is 0 Å². The average molecular weight is 373 g/mol. The van der Waals surface area contributed by atoms with E-state index < -0.39 is 0 Å². The fraction of sp³-hybridized carbons (Fsp3) is 0.421. The van der Waals surface area contributed by atoms with Crippen LogP contribution in [0.5, 0.6) is 0 Å². The van der Waals surface area contributed by atoms with E-state index in [0.717, 1.165) is 24.3 Å². The van der Waals surface area contributed by atoms with Gasteiger partial charge in [-0.1, -0.05) is 30.5 Å². The fourth-order valence-corrected chi connectivity index (χ4v) is 4.04. The van der Waals surface area contributed by atoms with Crippen LogP contribution in [0.4, 0.5) is 11.5 Å². The number of aromatic nitrogens is 2. The molecule has 1 aromatic carbocycles. The van der Waals surface area contributed by atoms with Gasteiger partial charge in [-0.15, -0.1) is 0 Å². The molecule has 7 heteroatoms. The van der Waals surface area contributed by atoms with E-state index in [2.05, 4.69) is 10.4 Å². The third-order valence-electron chi connectivity index (χ3n) is 5.21. The summed E-state index contributed by atoms with van der Waals surface area (Å²) < 4.78 is 1.91. The molecule has 26 heavy (non-hydrogen) atoms. The zero-order valence-electron chi connectivity index (χ0n) is 14.4. The van der Waals surface area contributed by atoms with Gasteiger partial charge in [0.25, 0.3) is 0 Å². The molecular formula is C19H21ClN4O2. The predicted octanol–water partition coefficient (Wildman–Crippen LogP) is 3.64. The van der Waals surface area contributed by atoms with Gasteiger partial charge in [0.15, 0.2) is 0 Å². The first-order valence-corrected chi connectivity index (χ1v) is 9.40. The Morgan fingerprint density at radius 2 is 2.04 bits per heavy atom. The van der Waals surface area contributed by atoms with Crippen molar-refractivity contribution in [3.8, 4) is 0 Å². The largest absolute Gasteiger partial charge is 0.312 e. The lowest BCUT2D eigenvalue weighted by Gasteiger charge is -2.18. The lowest BCUT2D eigenvalue weighted by molar-refractivity contribution is -0.122. The van der Waals surface area contributed by atoms with Crippen LogP contribution in [0.15, 0.2) is 36.5 Å². The van der Waals surface area contributed by atoms with Gasteiger partial charge in [0.1, 0.15) is 5.82 Å². The molecule has 1 saturated heterocycles. The maximum Gasteiger partial charge on any atom is 0.230 e. The molecule has 2 amide bonds. The molecule has 1 saturated carbocycles. The van der Waals surface area contributed by atoms with Crippen molar-refractivity contribution in [2.75, 3.05) is 16.8 Å². The van der Waals surface area contributed by atoms with E-state index in [4.69, 9.17) is 11.6 Å². The number of carbonyl (C=O) groups excluding carboxylic acids is 2. The molecule has 2 aliphatic rings. The third kappa shape index (κ3) is 3.33. The molecule has 136 valence electrons. The first kappa shape index (κ1) is 17.1. The van der Waals surface area contributed by atoms with Gasteiger partial charge in [-0.3, -0.25) is 9.59 Å². The highest BCUT2D eigenvalue weighted by atomic mass is 35.5. The van der Waals surface area contributed by atoms with Crippen molar-refractivity contribution in [2.45, 2.75) is 38.1 Å². The van der Waals surface area contributed by atoms with Crippen LogP contribution in [0.1, 0.15) is 38.1 Å². The summed E-state index contributed by atoms with van der Waals surface area (Å²) in [7, 11) is 0. The number of hydrogen-bond acceptors (Lipinski definition) is 3. The number of hydrogen-bond donors (Lipinski definition) is 1. The number of nitrogens with zero attached hydrogens (tertiary/aromatic N) is 3. The zero-order valence-corrected chi connectivity index (χ0v) is 15.2. The van der Waals surface area contributed by atoms with Crippen LogP contribution in [0, 0.1) is 5.92 Å². The molecular weight excluding hydrogens is 352 g/mol. The van der Waals surface area contributed by atoms with Crippen molar-refractivity contribution < 1.29 is 9.59 Å². The summed E-state index contributed by atoms with van der Waals surface area (Å²) in [5, 5.41) is 7.92. The van der Waals surface area contributed by atoms with Gasteiger partial charge in [-0.05, 0) is 31.0 Å². The zero-order chi connectivity index (χ0) is 18.1. The predicted molar refractivity (Wildman–Crippen MR) is 100 cm³/mol. The Bertz CT molecular complexity index is 828. The van der Waals surface area contributed by atoms with Crippen LogP contribution in [0.2, 0.25) is 5.02 Å². The maximum absolute atomic E-state index is 12.7. The Morgan fingerprint density at radius 1 is 1.23 bits per heavy atom. The number of anilines is 2. The van der Waals surface area contributed by atoms with Crippen molar-refractivity contribution in [3.05, 3.63) is 41.6 Å². The topological polar surface area (TPSA) is 67.2 Å².